The third-order valence-electron chi connectivity index (χ3n) is 3.83. The number of primary amides is 1. The number of carbonyl (C=O) groups excluding carboxylic acids is 1. The van der Waals surface area contributed by atoms with E-state index >= 15 is 0 Å². The number of benzene rings is 1. The number of carbonyl (C=O) groups is 1. The second-order valence-electron chi connectivity index (χ2n) is 5.17. The number of amides is 1. The van der Waals surface area contributed by atoms with Crippen LogP contribution in [0.1, 0.15) is 10.4 Å². The highest BCUT2D eigenvalue weighted by Gasteiger charge is 2.13. The average molecular weight is 291 g/mol. The molecule has 3 aromatic heterocycles. The maximum atomic E-state index is 11.3. The minimum absolute atomic E-state index is 0.234. The fraction of sp³-hybridized carbons (Fsp3) is 0. The summed E-state index contributed by atoms with van der Waals surface area (Å²) in [5.74, 6) is -0.580. The molecule has 1 amide bonds. The largest absolute Gasteiger partial charge is 0.396 e. The lowest BCUT2D eigenvalue weighted by Crippen LogP contribution is -2.15. The molecule has 0 fully saturated rings. The van der Waals surface area contributed by atoms with Crippen LogP contribution < -0.4 is 11.5 Å². The Hall–Kier alpha value is -3.28. The third kappa shape index (κ3) is 1.74. The number of nitrogens with zero attached hydrogens (tertiary/aromatic N) is 2. The molecule has 1 aromatic carbocycles. The Kier molecular flexibility index (Phi) is 2.47. The highest BCUT2D eigenvalue weighted by molar-refractivity contribution is 6.01. The predicted molar refractivity (Wildman–Crippen MR) is 85.4 cm³/mol. The van der Waals surface area contributed by atoms with Crippen LogP contribution in [0, 0.1) is 0 Å². The normalized spacial score (nSPS) is 11.3. The summed E-state index contributed by atoms with van der Waals surface area (Å²) < 4.78 is 1.65. The fourth-order valence-electron chi connectivity index (χ4n) is 2.66. The van der Waals surface area contributed by atoms with Gasteiger partial charge in [-0.3, -0.25) is 4.79 Å². The molecule has 5 N–H and O–H groups in total. The van der Waals surface area contributed by atoms with Crippen LogP contribution in [0.3, 0.4) is 0 Å². The van der Waals surface area contributed by atoms with Gasteiger partial charge in [-0.15, -0.1) is 0 Å². The molecule has 0 saturated heterocycles. The van der Waals surface area contributed by atoms with E-state index in [1.807, 2.05) is 36.7 Å². The standard InChI is InChI=1S/C16H13N5O/c17-15-12(16(18)22)7-20-21-8-11(6-14(15)21)9-1-2-13-10(5-9)3-4-19-13/h1-8,19H,17H2,(H2,18,22). The van der Waals surface area contributed by atoms with Crippen molar-refractivity contribution in [1.29, 1.82) is 0 Å². The first-order valence-corrected chi connectivity index (χ1v) is 6.77. The van der Waals surface area contributed by atoms with Crippen LogP contribution in [0.15, 0.2) is 48.9 Å². The number of aromatic nitrogens is 3. The molecule has 0 atom stereocenters. The smallest absolute Gasteiger partial charge is 0.252 e. The second kappa shape index (κ2) is 4.36. The summed E-state index contributed by atoms with van der Waals surface area (Å²) in [6, 6.07) is 10.1. The monoisotopic (exact) mass is 291 g/mol. The Morgan fingerprint density at radius 1 is 1.18 bits per heavy atom. The van der Waals surface area contributed by atoms with Crippen molar-refractivity contribution in [3.8, 4) is 11.1 Å². The number of nitrogens with one attached hydrogen (secondary N) is 1. The zero-order valence-electron chi connectivity index (χ0n) is 11.6. The van der Waals surface area contributed by atoms with E-state index < -0.39 is 5.91 Å². The van der Waals surface area contributed by atoms with Gasteiger partial charge in [-0.2, -0.15) is 5.10 Å². The van der Waals surface area contributed by atoms with E-state index in [1.54, 1.807) is 4.52 Å². The van der Waals surface area contributed by atoms with E-state index in [-0.39, 0.29) is 5.56 Å². The molecule has 0 spiro atoms. The molecular formula is C16H13N5O. The molecule has 0 aliphatic heterocycles. The molecule has 0 aliphatic rings. The Labute approximate surface area is 125 Å². The van der Waals surface area contributed by atoms with Gasteiger partial charge in [0, 0.05) is 23.5 Å². The summed E-state index contributed by atoms with van der Waals surface area (Å²) in [6.45, 7) is 0. The Bertz CT molecular complexity index is 1030. The number of anilines is 1. The molecule has 0 saturated carbocycles. The minimum atomic E-state index is -0.580. The topological polar surface area (TPSA) is 102 Å². The van der Waals surface area contributed by atoms with Crippen molar-refractivity contribution < 1.29 is 4.79 Å². The summed E-state index contributed by atoms with van der Waals surface area (Å²) >= 11 is 0. The van der Waals surface area contributed by atoms with Gasteiger partial charge in [-0.05, 0) is 35.2 Å². The maximum absolute atomic E-state index is 11.3. The van der Waals surface area contributed by atoms with Crippen molar-refractivity contribution >= 4 is 28.0 Å². The number of fused-ring (bicyclic) bond motifs is 2. The van der Waals surface area contributed by atoms with Crippen LogP contribution in [0.2, 0.25) is 0 Å². The highest BCUT2D eigenvalue weighted by Crippen LogP contribution is 2.28. The quantitative estimate of drug-likeness (QED) is 0.527. The number of H-pyrrole nitrogens is 1. The van der Waals surface area contributed by atoms with Crippen LogP contribution in [-0.2, 0) is 0 Å². The predicted octanol–water partition coefficient (Wildman–Crippen LogP) is 2.16. The lowest BCUT2D eigenvalue weighted by atomic mass is 10.1. The first-order valence-electron chi connectivity index (χ1n) is 6.77. The zero-order valence-corrected chi connectivity index (χ0v) is 11.6. The van der Waals surface area contributed by atoms with E-state index in [4.69, 9.17) is 11.5 Å². The number of rotatable bonds is 2. The summed E-state index contributed by atoms with van der Waals surface area (Å²) in [7, 11) is 0. The molecule has 0 radical (unpaired) electrons. The SMILES string of the molecule is NC(=O)c1cnn2cc(-c3ccc4[nH]ccc4c3)cc2c1N. The first kappa shape index (κ1) is 12.5. The summed E-state index contributed by atoms with van der Waals surface area (Å²) in [5.41, 5.74) is 15.7. The Morgan fingerprint density at radius 3 is 2.86 bits per heavy atom. The Morgan fingerprint density at radius 2 is 2.05 bits per heavy atom. The molecule has 4 rings (SSSR count). The van der Waals surface area contributed by atoms with Gasteiger partial charge in [0.1, 0.15) is 0 Å². The van der Waals surface area contributed by atoms with Crippen molar-refractivity contribution in [3.05, 3.63) is 54.5 Å². The van der Waals surface area contributed by atoms with Crippen molar-refractivity contribution in [1.82, 2.24) is 14.6 Å². The zero-order chi connectivity index (χ0) is 15.3. The van der Waals surface area contributed by atoms with Crippen LogP contribution >= 0.6 is 0 Å². The fourth-order valence-corrected chi connectivity index (χ4v) is 2.66. The van der Waals surface area contributed by atoms with Gasteiger partial charge in [0.25, 0.3) is 5.91 Å². The van der Waals surface area contributed by atoms with Crippen molar-refractivity contribution in [3.63, 3.8) is 0 Å². The van der Waals surface area contributed by atoms with Gasteiger partial charge < -0.3 is 16.5 Å². The van der Waals surface area contributed by atoms with E-state index in [1.165, 1.54) is 6.20 Å². The first-order chi connectivity index (χ1) is 10.6. The molecule has 3 heterocycles. The molecule has 0 bridgehead atoms. The third-order valence-corrected chi connectivity index (χ3v) is 3.83. The van der Waals surface area contributed by atoms with Crippen molar-refractivity contribution in [2.45, 2.75) is 0 Å². The molecule has 0 unspecified atom stereocenters. The molecule has 0 aliphatic carbocycles. The van der Waals surface area contributed by atoms with Crippen LogP contribution in [-0.4, -0.2) is 20.5 Å². The molecule has 6 heteroatoms. The summed E-state index contributed by atoms with van der Waals surface area (Å²) in [6.07, 6.45) is 5.18. The lowest BCUT2D eigenvalue weighted by Gasteiger charge is -2.02. The van der Waals surface area contributed by atoms with Gasteiger partial charge in [-0.1, -0.05) is 6.07 Å². The van der Waals surface area contributed by atoms with Crippen molar-refractivity contribution in [2.24, 2.45) is 5.73 Å². The number of hydrogen-bond donors (Lipinski definition) is 3. The van der Waals surface area contributed by atoms with Crippen LogP contribution in [0.25, 0.3) is 27.5 Å². The van der Waals surface area contributed by atoms with Crippen LogP contribution in [0.5, 0.6) is 0 Å². The summed E-state index contributed by atoms with van der Waals surface area (Å²) in [4.78, 5) is 14.5. The number of aromatic amines is 1. The molecule has 6 nitrogen and oxygen atoms in total. The average Bonchev–Trinajstić information content (AvgIpc) is 3.13. The van der Waals surface area contributed by atoms with Gasteiger partial charge in [-0.25, -0.2) is 4.52 Å². The van der Waals surface area contributed by atoms with E-state index in [9.17, 15) is 4.79 Å². The maximum Gasteiger partial charge on any atom is 0.252 e. The lowest BCUT2D eigenvalue weighted by molar-refractivity contribution is 0.100. The molecule has 4 aromatic rings. The molecule has 22 heavy (non-hydrogen) atoms. The van der Waals surface area contributed by atoms with E-state index in [0.717, 1.165) is 22.0 Å². The van der Waals surface area contributed by atoms with Gasteiger partial charge in [0.2, 0.25) is 0 Å². The van der Waals surface area contributed by atoms with E-state index in [2.05, 4.69) is 16.1 Å². The number of hydrogen-bond acceptors (Lipinski definition) is 3. The second-order valence-corrected chi connectivity index (χ2v) is 5.17. The summed E-state index contributed by atoms with van der Waals surface area (Å²) in [5, 5.41) is 5.32. The number of nitrogens with two attached hydrogens (primary N) is 2. The van der Waals surface area contributed by atoms with E-state index in [0.29, 0.717) is 11.2 Å². The Balaban J connectivity index is 1.91. The van der Waals surface area contributed by atoms with Gasteiger partial charge in [0.15, 0.2) is 0 Å². The van der Waals surface area contributed by atoms with Gasteiger partial charge in [0.05, 0.1) is 23.0 Å². The molecular weight excluding hydrogens is 278 g/mol. The van der Waals surface area contributed by atoms with Gasteiger partial charge >= 0.3 is 0 Å². The molecule has 108 valence electrons. The highest BCUT2D eigenvalue weighted by atomic mass is 16.1. The number of nitrogen functional groups attached to an aromatic ring is 1. The van der Waals surface area contributed by atoms with Crippen molar-refractivity contribution in [2.75, 3.05) is 5.73 Å². The van der Waals surface area contributed by atoms with Crippen LogP contribution in [0.4, 0.5) is 5.69 Å². The minimum Gasteiger partial charge on any atom is -0.396 e.